The molecule has 176 valence electrons. The number of carbonyl (C=O) groups excluding carboxylic acids is 1. The largest absolute Gasteiger partial charge is 0.488 e. The summed E-state index contributed by atoms with van der Waals surface area (Å²) in [4.78, 5) is 13.2. The summed E-state index contributed by atoms with van der Waals surface area (Å²) < 4.78 is 32.1. The summed E-state index contributed by atoms with van der Waals surface area (Å²) in [6, 6.07) is 16.0. The van der Waals surface area contributed by atoms with Gasteiger partial charge in [-0.25, -0.2) is 13.1 Å². The van der Waals surface area contributed by atoms with Crippen LogP contribution < -0.4 is 10.1 Å². The molecule has 2 aliphatic heterocycles. The molecule has 2 aromatic carbocycles. The summed E-state index contributed by atoms with van der Waals surface area (Å²) >= 11 is 0. The fourth-order valence-electron chi connectivity index (χ4n) is 5.66. The van der Waals surface area contributed by atoms with Crippen LogP contribution in [0.15, 0.2) is 54.7 Å². The van der Waals surface area contributed by atoms with E-state index < -0.39 is 15.3 Å². The highest BCUT2D eigenvalue weighted by molar-refractivity contribution is 7.91. The fourth-order valence-corrected chi connectivity index (χ4v) is 7.10. The standard InChI is InChI=1S/C26H27N3O4S/c30-25-26(11-4-5-12-26)21-16-18(22-8-13-27-29(22)19-6-2-1-3-7-19)17-23(24(21)28-25)33-20-9-14-34(31,32)15-10-20/h1-3,6-8,13,16-17,20H,4-5,9-12,14-15H2,(H,28,30). The Balaban J connectivity index is 1.46. The molecule has 0 atom stereocenters. The highest BCUT2D eigenvalue weighted by Crippen LogP contribution is 2.53. The van der Waals surface area contributed by atoms with Crippen LogP contribution in [-0.2, 0) is 20.0 Å². The number of nitrogens with zero attached hydrogens (tertiary/aromatic N) is 2. The number of hydrogen-bond donors (Lipinski definition) is 1. The van der Waals surface area contributed by atoms with Gasteiger partial charge in [-0.3, -0.25) is 4.79 Å². The quantitative estimate of drug-likeness (QED) is 0.606. The van der Waals surface area contributed by atoms with E-state index >= 15 is 0 Å². The van der Waals surface area contributed by atoms with Crippen molar-refractivity contribution in [3.8, 4) is 22.7 Å². The van der Waals surface area contributed by atoms with Gasteiger partial charge in [0.05, 0.1) is 40.2 Å². The Hall–Kier alpha value is -3.13. The smallest absolute Gasteiger partial charge is 0.235 e. The minimum atomic E-state index is -2.99. The second kappa shape index (κ2) is 7.98. The van der Waals surface area contributed by atoms with Crippen molar-refractivity contribution in [3.05, 3.63) is 60.3 Å². The molecule has 3 aromatic rings. The van der Waals surface area contributed by atoms with Gasteiger partial charge in [-0.15, -0.1) is 0 Å². The van der Waals surface area contributed by atoms with Gasteiger partial charge in [0.25, 0.3) is 0 Å². The molecule has 7 nitrogen and oxygen atoms in total. The molecule has 1 saturated heterocycles. The van der Waals surface area contributed by atoms with E-state index in [4.69, 9.17) is 4.74 Å². The lowest BCUT2D eigenvalue weighted by Crippen LogP contribution is -2.31. The number of carbonyl (C=O) groups is 1. The molecule has 3 aliphatic rings. The van der Waals surface area contributed by atoms with Crippen molar-refractivity contribution >= 4 is 21.4 Å². The highest BCUT2D eigenvalue weighted by atomic mass is 32.2. The molecule has 1 aliphatic carbocycles. The fraction of sp³-hybridized carbons (Fsp3) is 0.385. The molecular formula is C26H27N3O4S. The third-order valence-corrected chi connectivity index (χ3v) is 9.20. The molecule has 0 radical (unpaired) electrons. The Morgan fingerprint density at radius 2 is 1.76 bits per heavy atom. The number of sulfone groups is 1. The van der Waals surface area contributed by atoms with Crippen LogP contribution in [0.1, 0.15) is 44.1 Å². The monoisotopic (exact) mass is 477 g/mol. The van der Waals surface area contributed by atoms with Gasteiger partial charge in [0.15, 0.2) is 9.84 Å². The number of ether oxygens (including phenoxy) is 1. The van der Waals surface area contributed by atoms with Crippen molar-refractivity contribution in [3.63, 3.8) is 0 Å². The lowest BCUT2D eigenvalue weighted by Gasteiger charge is -2.26. The molecule has 0 bridgehead atoms. The average molecular weight is 478 g/mol. The third-order valence-electron chi connectivity index (χ3n) is 7.48. The first kappa shape index (κ1) is 21.4. The lowest BCUT2D eigenvalue weighted by molar-refractivity contribution is -0.120. The molecule has 1 saturated carbocycles. The molecule has 6 rings (SSSR count). The summed E-state index contributed by atoms with van der Waals surface area (Å²) in [5.41, 5.74) is 4.02. The Kier molecular flexibility index (Phi) is 5.02. The Morgan fingerprint density at radius 3 is 2.50 bits per heavy atom. The maximum Gasteiger partial charge on any atom is 0.235 e. The molecule has 34 heavy (non-hydrogen) atoms. The summed E-state index contributed by atoms with van der Waals surface area (Å²) in [6.45, 7) is 0. The van der Waals surface area contributed by atoms with Crippen LogP contribution in [0, 0.1) is 0 Å². The highest BCUT2D eigenvalue weighted by Gasteiger charge is 2.50. The van der Waals surface area contributed by atoms with Crippen molar-refractivity contribution in [2.75, 3.05) is 16.8 Å². The Morgan fingerprint density at radius 1 is 1.03 bits per heavy atom. The van der Waals surface area contributed by atoms with Crippen LogP contribution in [0.4, 0.5) is 5.69 Å². The van der Waals surface area contributed by atoms with Crippen molar-refractivity contribution in [2.45, 2.75) is 50.0 Å². The number of para-hydroxylation sites is 1. The summed E-state index contributed by atoms with van der Waals surface area (Å²) in [7, 11) is -2.99. The van der Waals surface area contributed by atoms with Crippen molar-refractivity contribution < 1.29 is 17.9 Å². The van der Waals surface area contributed by atoms with Crippen molar-refractivity contribution in [1.82, 2.24) is 9.78 Å². The van der Waals surface area contributed by atoms with E-state index in [0.717, 1.165) is 53.9 Å². The van der Waals surface area contributed by atoms with E-state index in [9.17, 15) is 13.2 Å². The third kappa shape index (κ3) is 3.52. The molecule has 1 amide bonds. The zero-order valence-corrected chi connectivity index (χ0v) is 19.7. The minimum absolute atomic E-state index is 0.0461. The number of rotatable bonds is 4. The zero-order chi connectivity index (χ0) is 23.3. The van der Waals surface area contributed by atoms with Gasteiger partial charge in [0, 0.05) is 5.56 Å². The summed E-state index contributed by atoms with van der Waals surface area (Å²) in [6.07, 6.45) is 6.20. The number of benzene rings is 2. The first-order chi connectivity index (χ1) is 16.5. The molecule has 1 spiro atoms. The van der Waals surface area contributed by atoms with Gasteiger partial charge in [-0.05, 0) is 61.6 Å². The van der Waals surface area contributed by atoms with E-state index in [-0.39, 0.29) is 23.5 Å². The number of amides is 1. The molecule has 3 heterocycles. The van der Waals surface area contributed by atoms with Crippen molar-refractivity contribution in [1.29, 1.82) is 0 Å². The number of anilines is 1. The van der Waals surface area contributed by atoms with E-state index in [1.54, 1.807) is 6.20 Å². The van der Waals surface area contributed by atoms with Crippen molar-refractivity contribution in [2.24, 2.45) is 0 Å². The number of aromatic nitrogens is 2. The van der Waals surface area contributed by atoms with E-state index in [1.165, 1.54) is 0 Å². The van der Waals surface area contributed by atoms with Gasteiger partial charge in [-0.2, -0.15) is 5.10 Å². The van der Waals surface area contributed by atoms with Gasteiger partial charge < -0.3 is 10.1 Å². The van der Waals surface area contributed by atoms with E-state index in [2.05, 4.69) is 16.5 Å². The zero-order valence-electron chi connectivity index (χ0n) is 18.9. The van der Waals surface area contributed by atoms with Gasteiger partial charge in [0.2, 0.25) is 5.91 Å². The second-order valence-corrected chi connectivity index (χ2v) is 11.9. The number of hydrogen-bond acceptors (Lipinski definition) is 5. The maximum atomic E-state index is 13.2. The van der Waals surface area contributed by atoms with Gasteiger partial charge >= 0.3 is 0 Å². The van der Waals surface area contributed by atoms with Gasteiger partial charge in [0.1, 0.15) is 11.9 Å². The first-order valence-electron chi connectivity index (χ1n) is 11.9. The van der Waals surface area contributed by atoms with E-state index in [1.807, 2.05) is 47.1 Å². The topological polar surface area (TPSA) is 90.3 Å². The number of nitrogens with one attached hydrogen (secondary N) is 1. The van der Waals surface area contributed by atoms with Crippen LogP contribution in [0.3, 0.4) is 0 Å². The molecule has 2 fully saturated rings. The Labute approximate surface area is 199 Å². The second-order valence-electron chi connectivity index (χ2n) is 9.57. The van der Waals surface area contributed by atoms with E-state index in [0.29, 0.717) is 18.6 Å². The molecule has 1 N–H and O–H groups in total. The first-order valence-corrected chi connectivity index (χ1v) is 13.7. The SMILES string of the molecule is O=C1Nc2c(OC3CCS(=O)(=O)CC3)cc(-c3ccnn3-c3ccccc3)cc2C12CCCC2. The molecule has 8 heteroatoms. The Bertz CT molecular complexity index is 1340. The van der Waals surface area contributed by atoms with Crippen LogP contribution in [-0.4, -0.2) is 41.7 Å². The predicted octanol–water partition coefficient (Wildman–Crippen LogP) is 4.26. The number of fused-ring (bicyclic) bond motifs is 2. The molecule has 0 unspecified atom stereocenters. The van der Waals surface area contributed by atoms with Crippen LogP contribution in [0.5, 0.6) is 5.75 Å². The molecular weight excluding hydrogens is 450 g/mol. The maximum absolute atomic E-state index is 13.2. The predicted molar refractivity (Wildman–Crippen MR) is 130 cm³/mol. The lowest BCUT2D eigenvalue weighted by atomic mass is 9.79. The van der Waals surface area contributed by atoms with Gasteiger partial charge in [-0.1, -0.05) is 31.0 Å². The minimum Gasteiger partial charge on any atom is -0.488 e. The summed E-state index contributed by atoms with van der Waals surface area (Å²) in [5.74, 6) is 0.937. The molecule has 1 aromatic heterocycles. The van der Waals surface area contributed by atoms with Crippen LogP contribution in [0.2, 0.25) is 0 Å². The summed E-state index contributed by atoms with van der Waals surface area (Å²) in [5, 5.41) is 7.67. The van der Waals surface area contributed by atoms with Crippen LogP contribution in [0.25, 0.3) is 16.9 Å². The normalized spacial score (nSPS) is 20.9. The van der Waals surface area contributed by atoms with Crippen LogP contribution >= 0.6 is 0 Å². The average Bonchev–Trinajstić information content (AvgIpc) is 3.57.